The highest BCUT2D eigenvalue weighted by atomic mass is 79.9. The van der Waals surface area contributed by atoms with Crippen molar-refractivity contribution in [2.24, 2.45) is 0 Å². The molecule has 4 aromatic rings. The Bertz CT molecular complexity index is 1810. The van der Waals surface area contributed by atoms with E-state index in [9.17, 15) is 18.8 Å². The Balaban J connectivity index is 1.11. The van der Waals surface area contributed by atoms with Crippen molar-refractivity contribution >= 4 is 44.3 Å². The van der Waals surface area contributed by atoms with Gasteiger partial charge in [-0.25, -0.2) is 13.5 Å². The number of hydrogen-bond acceptors (Lipinski definition) is 5. The van der Waals surface area contributed by atoms with Crippen molar-refractivity contribution in [3.63, 3.8) is 0 Å². The van der Waals surface area contributed by atoms with E-state index < -0.39 is 28.9 Å². The highest BCUT2D eigenvalue weighted by Gasteiger charge is 2.50. The van der Waals surface area contributed by atoms with Crippen molar-refractivity contribution < 1.29 is 18.4 Å². The van der Waals surface area contributed by atoms with Gasteiger partial charge in [-0.15, -0.1) is 5.10 Å². The molecule has 5 heterocycles. The lowest BCUT2D eigenvalue weighted by Crippen LogP contribution is -2.59. The molecule has 216 valence electrons. The molecule has 2 amide bonds. The molecule has 2 fully saturated rings. The van der Waals surface area contributed by atoms with Crippen LogP contribution in [-0.4, -0.2) is 55.9 Å². The van der Waals surface area contributed by atoms with E-state index >= 15 is 4.39 Å². The van der Waals surface area contributed by atoms with Crippen LogP contribution >= 0.6 is 15.9 Å². The molecule has 0 saturated carbocycles. The molecule has 42 heavy (non-hydrogen) atoms. The maximum atomic E-state index is 16.0. The fourth-order valence-corrected chi connectivity index (χ4v) is 6.65. The van der Waals surface area contributed by atoms with Crippen LogP contribution in [0.5, 0.6) is 0 Å². The standard InChI is InChI=1S/C30H27BrF2N6O3/c1-17-4-5-18-11-20(32)12-22-26(18)38(17)13-23(27(22)40)28(41)36-15-30(33,16-36)25-14-39(35-34-25)24-3-2-10-37(29(24)42)21-8-6-19(31)7-9-21/h6-9,11-14,17,24H,2-5,10,15-16H2,1H3. The number of aromatic nitrogens is 4. The van der Waals surface area contributed by atoms with Crippen LogP contribution < -0.4 is 10.3 Å². The topological polar surface area (TPSA) is 93.3 Å². The number of nitrogens with zero attached hydrogens (tertiary/aromatic N) is 6. The van der Waals surface area contributed by atoms with Crippen molar-refractivity contribution in [1.29, 1.82) is 0 Å². The molecule has 0 bridgehead atoms. The number of aryl methyl sites for hydroxylation is 1. The van der Waals surface area contributed by atoms with Gasteiger partial charge in [0.1, 0.15) is 23.1 Å². The molecule has 2 aromatic carbocycles. The molecule has 3 aliphatic heterocycles. The van der Waals surface area contributed by atoms with Crippen LogP contribution in [0.1, 0.15) is 59.9 Å². The minimum atomic E-state index is -1.97. The van der Waals surface area contributed by atoms with E-state index in [4.69, 9.17) is 0 Å². The number of anilines is 1. The summed E-state index contributed by atoms with van der Waals surface area (Å²) in [6, 6.07) is 9.47. The van der Waals surface area contributed by atoms with Crippen molar-refractivity contribution in [3.05, 3.63) is 86.1 Å². The smallest absolute Gasteiger partial charge is 0.259 e. The number of alkyl halides is 1. The van der Waals surface area contributed by atoms with Gasteiger partial charge in [-0.05, 0) is 74.6 Å². The predicted molar refractivity (Wildman–Crippen MR) is 155 cm³/mol. The molecular formula is C30H27BrF2N6O3. The van der Waals surface area contributed by atoms with E-state index in [2.05, 4.69) is 26.2 Å². The lowest BCUT2D eigenvalue weighted by atomic mass is 9.91. The number of halogens is 3. The third-order valence-electron chi connectivity index (χ3n) is 8.71. The van der Waals surface area contributed by atoms with E-state index in [1.54, 1.807) is 4.90 Å². The van der Waals surface area contributed by atoms with E-state index in [0.29, 0.717) is 24.9 Å². The first kappa shape index (κ1) is 26.9. The van der Waals surface area contributed by atoms with Crippen LogP contribution in [0.4, 0.5) is 14.5 Å². The molecule has 0 spiro atoms. The van der Waals surface area contributed by atoms with E-state index in [-0.39, 0.29) is 41.7 Å². The Hall–Kier alpha value is -3.93. The fourth-order valence-electron chi connectivity index (χ4n) is 6.38. The number of hydrogen-bond donors (Lipinski definition) is 0. The highest BCUT2D eigenvalue weighted by Crippen LogP contribution is 2.37. The van der Waals surface area contributed by atoms with Crippen LogP contribution in [0.2, 0.25) is 0 Å². The quantitative estimate of drug-likeness (QED) is 0.324. The van der Waals surface area contributed by atoms with Crippen molar-refractivity contribution in [3.8, 4) is 0 Å². The number of carbonyl (C=O) groups is 2. The monoisotopic (exact) mass is 636 g/mol. The Morgan fingerprint density at radius 1 is 1.10 bits per heavy atom. The van der Waals surface area contributed by atoms with Crippen LogP contribution in [0.25, 0.3) is 10.9 Å². The number of likely N-dealkylation sites (tertiary alicyclic amines) is 1. The van der Waals surface area contributed by atoms with Crippen LogP contribution in [0.3, 0.4) is 0 Å². The van der Waals surface area contributed by atoms with Crippen molar-refractivity contribution in [1.82, 2.24) is 24.5 Å². The Labute approximate surface area is 247 Å². The number of pyridine rings is 1. The molecule has 2 aromatic heterocycles. The number of piperidine rings is 1. The number of benzene rings is 2. The second kappa shape index (κ2) is 9.82. The lowest BCUT2D eigenvalue weighted by Gasteiger charge is -2.43. The molecular weight excluding hydrogens is 610 g/mol. The fraction of sp³-hybridized carbons (Fsp3) is 0.367. The van der Waals surface area contributed by atoms with E-state index in [1.807, 2.05) is 35.8 Å². The molecule has 12 heteroatoms. The molecule has 0 aliphatic carbocycles. The number of amides is 2. The minimum Gasteiger partial charge on any atom is -0.343 e. The average molecular weight is 637 g/mol. The summed E-state index contributed by atoms with van der Waals surface area (Å²) in [4.78, 5) is 43.0. The Morgan fingerprint density at radius 3 is 2.62 bits per heavy atom. The largest absolute Gasteiger partial charge is 0.343 e. The molecule has 3 aliphatic rings. The molecule has 0 radical (unpaired) electrons. The lowest BCUT2D eigenvalue weighted by molar-refractivity contribution is -0.123. The molecule has 2 atom stereocenters. The zero-order valence-corrected chi connectivity index (χ0v) is 24.4. The van der Waals surface area contributed by atoms with E-state index in [0.717, 1.165) is 28.6 Å². The first-order chi connectivity index (χ1) is 20.1. The average Bonchev–Trinajstić information content (AvgIpc) is 3.45. The van der Waals surface area contributed by atoms with Gasteiger partial charge in [0.15, 0.2) is 5.67 Å². The van der Waals surface area contributed by atoms with Crippen molar-refractivity contribution in [2.45, 2.75) is 50.4 Å². The van der Waals surface area contributed by atoms with Crippen LogP contribution in [-0.2, 0) is 16.9 Å². The normalized spacial score (nSPS) is 21.5. The maximum absolute atomic E-state index is 16.0. The van der Waals surface area contributed by atoms with Gasteiger partial charge in [0, 0.05) is 34.3 Å². The summed E-state index contributed by atoms with van der Waals surface area (Å²) in [5.74, 6) is -1.28. The van der Waals surface area contributed by atoms with Gasteiger partial charge in [-0.1, -0.05) is 21.1 Å². The summed E-state index contributed by atoms with van der Waals surface area (Å²) < 4.78 is 34.5. The van der Waals surface area contributed by atoms with E-state index in [1.165, 1.54) is 34.1 Å². The maximum Gasteiger partial charge on any atom is 0.259 e. The Morgan fingerprint density at radius 2 is 1.86 bits per heavy atom. The number of rotatable bonds is 4. The second-order valence-electron chi connectivity index (χ2n) is 11.5. The molecule has 2 unspecified atom stereocenters. The third kappa shape index (κ3) is 4.26. The van der Waals surface area contributed by atoms with Gasteiger partial charge in [0.2, 0.25) is 5.43 Å². The molecule has 7 rings (SSSR count). The first-order valence-corrected chi connectivity index (χ1v) is 14.8. The van der Waals surface area contributed by atoms with Crippen LogP contribution in [0, 0.1) is 5.82 Å². The van der Waals surface area contributed by atoms with Crippen molar-refractivity contribution in [2.75, 3.05) is 24.5 Å². The minimum absolute atomic E-state index is 0.0199. The van der Waals surface area contributed by atoms with Gasteiger partial charge in [0.05, 0.1) is 24.8 Å². The molecule has 2 saturated heterocycles. The SMILES string of the molecule is CC1CCc2cc(F)cc3c(=O)c(C(=O)N4CC(F)(c5cn(C6CCCN(c7ccc(Br)cc7)C6=O)nn5)C4)cn1c23. The second-order valence-corrected chi connectivity index (χ2v) is 12.4. The van der Waals surface area contributed by atoms with Gasteiger partial charge >= 0.3 is 0 Å². The van der Waals surface area contributed by atoms with Gasteiger partial charge in [-0.3, -0.25) is 14.4 Å². The number of carbonyl (C=O) groups excluding carboxylic acids is 2. The third-order valence-corrected chi connectivity index (χ3v) is 9.24. The summed E-state index contributed by atoms with van der Waals surface area (Å²) in [5.41, 5.74) is -0.446. The summed E-state index contributed by atoms with van der Waals surface area (Å²) in [6.45, 7) is 1.94. The molecule has 9 nitrogen and oxygen atoms in total. The highest BCUT2D eigenvalue weighted by molar-refractivity contribution is 9.10. The summed E-state index contributed by atoms with van der Waals surface area (Å²) in [6.07, 6.45) is 5.66. The summed E-state index contributed by atoms with van der Waals surface area (Å²) >= 11 is 3.41. The first-order valence-electron chi connectivity index (χ1n) is 14.0. The van der Waals surface area contributed by atoms with Crippen LogP contribution in [0.15, 0.2) is 58.1 Å². The zero-order valence-electron chi connectivity index (χ0n) is 22.8. The zero-order chi connectivity index (χ0) is 29.3. The Kier molecular flexibility index (Phi) is 6.30. The van der Waals surface area contributed by atoms with Gasteiger partial charge < -0.3 is 14.4 Å². The summed E-state index contributed by atoms with van der Waals surface area (Å²) in [5, 5.41) is 8.28. The summed E-state index contributed by atoms with van der Waals surface area (Å²) in [7, 11) is 0. The van der Waals surface area contributed by atoms with Gasteiger partial charge in [-0.2, -0.15) is 0 Å². The van der Waals surface area contributed by atoms with Gasteiger partial charge in [0.25, 0.3) is 11.8 Å². The molecule has 0 N–H and O–H groups in total. The predicted octanol–water partition coefficient (Wildman–Crippen LogP) is 4.69.